The third kappa shape index (κ3) is 4.50. The largest absolute Gasteiger partial charge is 0.311 e. The first-order chi connectivity index (χ1) is 27.3. The first kappa shape index (κ1) is 30.4. The molecule has 0 saturated heterocycles. The minimum Gasteiger partial charge on any atom is -0.311 e. The van der Waals surface area contributed by atoms with Crippen LogP contribution in [0.25, 0.3) is 54.2 Å². The fourth-order valence-electron chi connectivity index (χ4n) is 9.51. The van der Waals surface area contributed by atoms with E-state index in [1.54, 1.807) is 0 Å². The third-order valence-electron chi connectivity index (χ3n) is 11.9. The molecule has 0 spiro atoms. The second kappa shape index (κ2) is 11.7. The van der Waals surface area contributed by atoms with Crippen molar-refractivity contribution in [3.05, 3.63) is 200 Å². The molecule has 10 aromatic carbocycles. The highest BCUT2D eigenvalue weighted by molar-refractivity contribution is 7.00. The number of fused-ring (bicyclic) bond motifs is 10. The molecule has 2 heterocycles. The predicted molar refractivity (Wildman–Crippen MR) is 236 cm³/mol. The maximum Gasteiger partial charge on any atom is 0.252 e. The molecule has 0 aromatic heterocycles. The van der Waals surface area contributed by atoms with Gasteiger partial charge < -0.3 is 9.80 Å². The van der Waals surface area contributed by atoms with Gasteiger partial charge in [0.2, 0.25) is 0 Å². The molecule has 2 aliphatic rings. The van der Waals surface area contributed by atoms with E-state index in [9.17, 15) is 0 Å². The van der Waals surface area contributed by atoms with Crippen LogP contribution >= 0.6 is 0 Å². The second-order valence-electron chi connectivity index (χ2n) is 14.9. The smallest absolute Gasteiger partial charge is 0.252 e. The van der Waals surface area contributed by atoms with Crippen LogP contribution in [0, 0.1) is 0 Å². The molecule has 10 aromatic rings. The molecule has 0 radical (unpaired) electrons. The van der Waals surface area contributed by atoms with Gasteiger partial charge in [0.15, 0.2) is 0 Å². The summed E-state index contributed by atoms with van der Waals surface area (Å²) >= 11 is 0. The Morgan fingerprint density at radius 3 is 1.20 bits per heavy atom. The summed E-state index contributed by atoms with van der Waals surface area (Å²) in [5.41, 5.74) is 13.5. The first-order valence-electron chi connectivity index (χ1n) is 19.1. The van der Waals surface area contributed by atoms with Crippen LogP contribution < -0.4 is 26.2 Å². The van der Waals surface area contributed by atoms with Gasteiger partial charge in [-0.25, -0.2) is 0 Å². The Morgan fingerprint density at radius 1 is 0.291 bits per heavy atom. The molecule has 0 N–H and O–H groups in total. The van der Waals surface area contributed by atoms with Gasteiger partial charge in [0.05, 0.1) is 0 Å². The Kier molecular flexibility index (Phi) is 6.46. The van der Waals surface area contributed by atoms with Crippen molar-refractivity contribution in [1.29, 1.82) is 0 Å². The summed E-state index contributed by atoms with van der Waals surface area (Å²) in [6.07, 6.45) is 0. The van der Waals surface area contributed by atoms with Gasteiger partial charge in [0.25, 0.3) is 6.71 Å². The van der Waals surface area contributed by atoms with Gasteiger partial charge in [0, 0.05) is 34.1 Å². The summed E-state index contributed by atoms with van der Waals surface area (Å²) in [7, 11) is 0. The zero-order valence-electron chi connectivity index (χ0n) is 30.0. The Hall–Kier alpha value is -7.10. The summed E-state index contributed by atoms with van der Waals surface area (Å²) < 4.78 is 0. The van der Waals surface area contributed by atoms with Crippen LogP contribution in [0.1, 0.15) is 0 Å². The van der Waals surface area contributed by atoms with Crippen molar-refractivity contribution in [3.8, 4) is 11.1 Å². The van der Waals surface area contributed by atoms with Crippen molar-refractivity contribution < 1.29 is 0 Å². The summed E-state index contributed by atoms with van der Waals surface area (Å²) in [4.78, 5) is 5.06. The number of rotatable bonds is 3. The van der Waals surface area contributed by atoms with Crippen LogP contribution in [0.4, 0.5) is 34.1 Å². The van der Waals surface area contributed by atoms with Crippen molar-refractivity contribution in [2.24, 2.45) is 0 Å². The number of anilines is 6. The van der Waals surface area contributed by atoms with E-state index in [2.05, 4.69) is 210 Å². The summed E-state index contributed by atoms with van der Waals surface area (Å²) in [5.74, 6) is 0. The fraction of sp³-hybridized carbons (Fsp3) is 0. The maximum absolute atomic E-state index is 2.53. The molecule has 3 heteroatoms. The van der Waals surface area contributed by atoms with E-state index in [1.165, 1.54) is 93.4 Å². The van der Waals surface area contributed by atoms with Gasteiger partial charge in [-0.3, -0.25) is 0 Å². The minimum absolute atomic E-state index is 0.00601. The van der Waals surface area contributed by atoms with Gasteiger partial charge in [-0.1, -0.05) is 152 Å². The van der Waals surface area contributed by atoms with Crippen LogP contribution in [-0.2, 0) is 0 Å². The molecule has 254 valence electrons. The van der Waals surface area contributed by atoms with Crippen molar-refractivity contribution in [1.82, 2.24) is 0 Å². The van der Waals surface area contributed by atoms with E-state index >= 15 is 0 Å². The van der Waals surface area contributed by atoms with Crippen LogP contribution in [0.5, 0.6) is 0 Å². The number of hydrogen-bond donors (Lipinski definition) is 0. The lowest BCUT2D eigenvalue weighted by Crippen LogP contribution is -2.61. The number of hydrogen-bond acceptors (Lipinski definition) is 2. The zero-order valence-corrected chi connectivity index (χ0v) is 30.0. The molecule has 12 rings (SSSR count). The SMILES string of the molecule is c1ccc(-c2cc3c4c(c2)N(c2ccccc2)c2cc5c(ccc6ccccc65)cc2B4c2cc4ccc5ccccc5c4cc2N3c2ccccc2)cc1. The quantitative estimate of drug-likeness (QED) is 0.134. The normalized spacial score (nSPS) is 13.0. The topological polar surface area (TPSA) is 6.48 Å². The van der Waals surface area contributed by atoms with E-state index in [1.807, 2.05) is 0 Å². The van der Waals surface area contributed by atoms with Gasteiger partial charge >= 0.3 is 0 Å². The molecule has 55 heavy (non-hydrogen) atoms. The Balaban J connectivity index is 1.26. The van der Waals surface area contributed by atoms with Crippen LogP contribution in [0.3, 0.4) is 0 Å². The molecule has 0 unspecified atom stereocenters. The van der Waals surface area contributed by atoms with E-state index in [-0.39, 0.29) is 6.71 Å². The Morgan fingerprint density at radius 2 is 0.709 bits per heavy atom. The lowest BCUT2D eigenvalue weighted by molar-refractivity contribution is 1.26. The molecular formula is C52H33BN2. The van der Waals surface area contributed by atoms with Crippen LogP contribution in [0.2, 0.25) is 0 Å². The van der Waals surface area contributed by atoms with Crippen LogP contribution in [-0.4, -0.2) is 6.71 Å². The lowest BCUT2D eigenvalue weighted by Gasteiger charge is -2.44. The molecular weight excluding hydrogens is 663 g/mol. The van der Waals surface area contributed by atoms with Crippen LogP contribution in [0.15, 0.2) is 200 Å². The summed E-state index contributed by atoms with van der Waals surface area (Å²) in [6, 6.07) is 74.3. The number of para-hydroxylation sites is 2. The van der Waals surface area contributed by atoms with Gasteiger partial charge in [-0.2, -0.15) is 0 Å². The molecule has 0 saturated carbocycles. The average Bonchev–Trinajstić information content (AvgIpc) is 3.25. The number of benzene rings is 10. The first-order valence-corrected chi connectivity index (χ1v) is 19.1. The molecule has 0 atom stereocenters. The maximum atomic E-state index is 2.53. The highest BCUT2D eigenvalue weighted by Gasteiger charge is 2.44. The van der Waals surface area contributed by atoms with E-state index < -0.39 is 0 Å². The minimum atomic E-state index is 0.00601. The standard InChI is InChI=1S/C52H33BN2/c1-4-14-34(15-5-1)39-30-50-52-51(31-39)55(41-20-8-3-9-21-41)49-33-45-38(27-25-36-17-11-13-23-43(36)45)29-47(49)53(52)46-28-37-26-24-35-16-10-12-22-42(35)44(37)32-48(46)54(50)40-18-6-2-7-19-40/h1-33H. The average molecular weight is 697 g/mol. The fourth-order valence-corrected chi connectivity index (χ4v) is 9.51. The lowest BCUT2D eigenvalue weighted by atomic mass is 9.33. The highest BCUT2D eigenvalue weighted by Crippen LogP contribution is 2.47. The molecule has 0 amide bonds. The highest BCUT2D eigenvalue weighted by atomic mass is 15.2. The third-order valence-corrected chi connectivity index (χ3v) is 11.9. The van der Waals surface area contributed by atoms with Crippen molar-refractivity contribution >= 4 is 100 Å². The second-order valence-corrected chi connectivity index (χ2v) is 14.9. The summed E-state index contributed by atoms with van der Waals surface area (Å²) in [5, 5.41) is 10.1. The molecule has 2 nitrogen and oxygen atoms in total. The van der Waals surface area contributed by atoms with Gasteiger partial charge in [-0.05, 0) is 119 Å². The van der Waals surface area contributed by atoms with E-state index in [4.69, 9.17) is 0 Å². The van der Waals surface area contributed by atoms with Crippen molar-refractivity contribution in [3.63, 3.8) is 0 Å². The monoisotopic (exact) mass is 696 g/mol. The zero-order chi connectivity index (χ0) is 36.0. The van der Waals surface area contributed by atoms with E-state index in [0.717, 1.165) is 11.4 Å². The molecule has 0 bridgehead atoms. The molecule has 0 fully saturated rings. The van der Waals surface area contributed by atoms with Crippen molar-refractivity contribution in [2.75, 3.05) is 9.80 Å². The van der Waals surface area contributed by atoms with Crippen molar-refractivity contribution in [2.45, 2.75) is 0 Å². The molecule has 2 aliphatic heterocycles. The Labute approximate surface area is 320 Å². The van der Waals surface area contributed by atoms with Gasteiger partial charge in [-0.15, -0.1) is 0 Å². The number of nitrogens with zero attached hydrogens (tertiary/aromatic N) is 2. The van der Waals surface area contributed by atoms with E-state index in [0.29, 0.717) is 0 Å². The van der Waals surface area contributed by atoms with Gasteiger partial charge in [0.1, 0.15) is 0 Å². The Bertz CT molecular complexity index is 2970. The molecule has 0 aliphatic carbocycles. The summed E-state index contributed by atoms with van der Waals surface area (Å²) in [6.45, 7) is 0.00601. The predicted octanol–water partition coefficient (Wildman–Crippen LogP) is 12.0.